The molecule has 0 heterocycles. The van der Waals surface area contributed by atoms with Crippen molar-refractivity contribution in [3.05, 3.63) is 57.2 Å². The van der Waals surface area contributed by atoms with Gasteiger partial charge in [0.25, 0.3) is 5.91 Å². The van der Waals surface area contributed by atoms with Crippen molar-refractivity contribution in [2.45, 2.75) is 46.5 Å². The van der Waals surface area contributed by atoms with Gasteiger partial charge in [-0.25, -0.2) is 5.43 Å². The van der Waals surface area contributed by atoms with E-state index in [9.17, 15) is 9.90 Å². The number of hydrogen-bond acceptors (Lipinski definition) is 4. The highest BCUT2D eigenvalue weighted by atomic mass is 127. The van der Waals surface area contributed by atoms with E-state index in [0.717, 1.165) is 9.99 Å². The zero-order chi connectivity index (χ0) is 21.7. The third-order valence-corrected chi connectivity index (χ3v) is 5.03. The van der Waals surface area contributed by atoms with Gasteiger partial charge in [-0.2, -0.15) is 5.10 Å². The van der Waals surface area contributed by atoms with Crippen LogP contribution >= 0.6 is 22.6 Å². The van der Waals surface area contributed by atoms with Crippen molar-refractivity contribution in [1.82, 2.24) is 5.43 Å². The molecule has 0 bridgehead atoms. The van der Waals surface area contributed by atoms with E-state index >= 15 is 0 Å². The number of phenols is 1. The van der Waals surface area contributed by atoms with Crippen LogP contribution in [0.25, 0.3) is 0 Å². The molecular formula is C23H29IN2O3. The summed E-state index contributed by atoms with van der Waals surface area (Å²) in [5.74, 6) is 0.368. The van der Waals surface area contributed by atoms with Crippen molar-refractivity contribution < 1.29 is 14.6 Å². The second kappa shape index (κ2) is 9.61. The summed E-state index contributed by atoms with van der Waals surface area (Å²) in [7, 11) is 0. The maximum absolute atomic E-state index is 11.9. The van der Waals surface area contributed by atoms with Gasteiger partial charge in [-0.3, -0.25) is 4.79 Å². The molecule has 0 saturated carbocycles. The van der Waals surface area contributed by atoms with Gasteiger partial charge in [0.05, 0.1) is 6.21 Å². The Morgan fingerprint density at radius 2 is 1.79 bits per heavy atom. The first-order valence-corrected chi connectivity index (χ1v) is 10.6. The zero-order valence-corrected chi connectivity index (χ0v) is 19.8. The van der Waals surface area contributed by atoms with Crippen LogP contribution in [0, 0.1) is 8.99 Å². The number of amides is 1. The SMILES string of the molecule is CC(C)(C)CC(C)(C)c1ccc(OCC(=O)NN=Cc2cc(I)ccc2O)cc1. The number of hydrogen-bond donors (Lipinski definition) is 2. The molecule has 0 aliphatic rings. The Hall–Kier alpha value is -2.09. The minimum absolute atomic E-state index is 0.0592. The van der Waals surface area contributed by atoms with Crippen LogP contribution in [0.4, 0.5) is 0 Å². The molecule has 156 valence electrons. The molecule has 0 atom stereocenters. The van der Waals surface area contributed by atoms with Crippen LogP contribution in [0.15, 0.2) is 47.6 Å². The van der Waals surface area contributed by atoms with Crippen molar-refractivity contribution in [1.29, 1.82) is 0 Å². The van der Waals surface area contributed by atoms with Crippen molar-refractivity contribution in [2.24, 2.45) is 10.5 Å². The lowest BCUT2D eigenvalue weighted by Crippen LogP contribution is -2.25. The standard InChI is InChI=1S/C23H29IN2O3/c1-22(2,3)15-23(4,5)17-6-9-19(10-7-17)29-14-21(28)26-25-13-16-12-18(24)8-11-20(16)27/h6-13,27H,14-15H2,1-5H3,(H,26,28). The largest absolute Gasteiger partial charge is 0.507 e. The molecule has 2 aromatic rings. The van der Waals surface area contributed by atoms with Crippen molar-refractivity contribution in [3.8, 4) is 11.5 Å². The number of nitrogens with one attached hydrogen (secondary N) is 1. The molecule has 0 aliphatic heterocycles. The number of nitrogens with zero attached hydrogens (tertiary/aromatic N) is 1. The van der Waals surface area contributed by atoms with E-state index in [2.05, 4.69) is 79.9 Å². The van der Waals surface area contributed by atoms with E-state index in [-0.39, 0.29) is 29.1 Å². The molecule has 6 heteroatoms. The van der Waals surface area contributed by atoms with E-state index in [1.807, 2.05) is 12.1 Å². The summed E-state index contributed by atoms with van der Waals surface area (Å²) in [5, 5.41) is 13.6. The zero-order valence-electron chi connectivity index (χ0n) is 17.6. The van der Waals surface area contributed by atoms with Gasteiger partial charge >= 0.3 is 0 Å². The fourth-order valence-corrected chi connectivity index (χ4v) is 3.93. The van der Waals surface area contributed by atoms with E-state index in [0.29, 0.717) is 11.3 Å². The number of ether oxygens (including phenoxy) is 1. The van der Waals surface area contributed by atoms with Gasteiger partial charge in [0.2, 0.25) is 0 Å². The fraction of sp³-hybridized carbons (Fsp3) is 0.391. The molecule has 1 amide bonds. The number of phenolic OH excluding ortho intramolecular Hbond substituents is 1. The molecule has 0 spiro atoms. The predicted molar refractivity (Wildman–Crippen MR) is 126 cm³/mol. The molecule has 0 unspecified atom stereocenters. The van der Waals surface area contributed by atoms with Gasteiger partial charge in [0.15, 0.2) is 6.61 Å². The van der Waals surface area contributed by atoms with Gasteiger partial charge in [0.1, 0.15) is 11.5 Å². The van der Waals surface area contributed by atoms with Crippen LogP contribution in [0.2, 0.25) is 0 Å². The van der Waals surface area contributed by atoms with E-state index in [1.165, 1.54) is 11.8 Å². The quantitative estimate of drug-likeness (QED) is 0.305. The molecule has 2 N–H and O–H groups in total. The average molecular weight is 508 g/mol. The highest BCUT2D eigenvalue weighted by Gasteiger charge is 2.27. The number of hydrazone groups is 1. The average Bonchev–Trinajstić information content (AvgIpc) is 2.61. The van der Waals surface area contributed by atoms with E-state index < -0.39 is 0 Å². The van der Waals surface area contributed by atoms with Crippen molar-refractivity contribution in [3.63, 3.8) is 0 Å². The molecule has 2 rings (SSSR count). The molecule has 5 nitrogen and oxygen atoms in total. The third kappa shape index (κ3) is 7.68. The van der Waals surface area contributed by atoms with Gasteiger partial charge < -0.3 is 9.84 Å². The molecule has 2 aromatic carbocycles. The summed E-state index contributed by atoms with van der Waals surface area (Å²) in [4.78, 5) is 11.9. The monoisotopic (exact) mass is 508 g/mol. The highest BCUT2D eigenvalue weighted by molar-refractivity contribution is 14.1. The lowest BCUT2D eigenvalue weighted by atomic mass is 9.72. The third-order valence-electron chi connectivity index (χ3n) is 4.36. The first kappa shape index (κ1) is 23.2. The summed E-state index contributed by atoms with van der Waals surface area (Å²) in [6.45, 7) is 11.1. The Labute approximate surface area is 186 Å². The van der Waals surface area contributed by atoms with Crippen molar-refractivity contribution in [2.75, 3.05) is 6.61 Å². The lowest BCUT2D eigenvalue weighted by molar-refractivity contribution is -0.123. The minimum Gasteiger partial charge on any atom is -0.507 e. The van der Waals surface area contributed by atoms with Crippen LogP contribution in [0.3, 0.4) is 0 Å². The second-order valence-corrected chi connectivity index (χ2v) is 10.2. The topological polar surface area (TPSA) is 70.9 Å². The van der Waals surface area contributed by atoms with Gasteiger partial charge in [0, 0.05) is 9.13 Å². The van der Waals surface area contributed by atoms with E-state index in [1.54, 1.807) is 18.2 Å². The number of carbonyl (C=O) groups is 1. The number of benzene rings is 2. The highest BCUT2D eigenvalue weighted by Crippen LogP contribution is 2.36. The van der Waals surface area contributed by atoms with Crippen LogP contribution in [0.1, 0.15) is 52.2 Å². The Balaban J connectivity index is 1.87. The maximum atomic E-state index is 11.9. The van der Waals surface area contributed by atoms with Gasteiger partial charge in [-0.05, 0) is 75.7 Å². The number of halogens is 1. The number of aromatic hydroxyl groups is 1. The van der Waals surface area contributed by atoms with Crippen LogP contribution in [-0.2, 0) is 10.2 Å². The minimum atomic E-state index is -0.372. The summed E-state index contributed by atoms with van der Waals surface area (Å²) >= 11 is 2.14. The summed E-state index contributed by atoms with van der Waals surface area (Å²) in [6, 6.07) is 13.0. The molecule has 0 saturated heterocycles. The smallest absolute Gasteiger partial charge is 0.277 e. The van der Waals surface area contributed by atoms with Crippen LogP contribution in [-0.4, -0.2) is 23.8 Å². The Morgan fingerprint density at radius 3 is 2.41 bits per heavy atom. The predicted octanol–water partition coefficient (Wildman–Crippen LogP) is 5.24. The first-order valence-electron chi connectivity index (χ1n) is 9.50. The molecule has 0 aromatic heterocycles. The molecule has 29 heavy (non-hydrogen) atoms. The Kier molecular flexibility index (Phi) is 7.68. The van der Waals surface area contributed by atoms with Gasteiger partial charge in [-0.15, -0.1) is 0 Å². The number of carbonyl (C=O) groups excluding carboxylic acids is 1. The van der Waals surface area contributed by atoms with Gasteiger partial charge in [-0.1, -0.05) is 46.8 Å². The fourth-order valence-electron chi connectivity index (χ4n) is 3.41. The number of rotatable bonds is 7. The summed E-state index contributed by atoms with van der Waals surface area (Å²) < 4.78 is 6.51. The van der Waals surface area contributed by atoms with Crippen LogP contribution in [0.5, 0.6) is 11.5 Å². The maximum Gasteiger partial charge on any atom is 0.277 e. The molecular weight excluding hydrogens is 479 g/mol. The Morgan fingerprint density at radius 1 is 1.14 bits per heavy atom. The normalized spacial score (nSPS) is 12.2. The first-order chi connectivity index (χ1) is 13.5. The second-order valence-electron chi connectivity index (χ2n) is 8.93. The lowest BCUT2D eigenvalue weighted by Gasteiger charge is -2.33. The van der Waals surface area contributed by atoms with Crippen molar-refractivity contribution >= 4 is 34.7 Å². The molecule has 0 fully saturated rings. The Bertz CT molecular complexity index is 869. The summed E-state index contributed by atoms with van der Waals surface area (Å²) in [5.41, 5.74) is 4.48. The molecule has 0 aliphatic carbocycles. The van der Waals surface area contributed by atoms with E-state index in [4.69, 9.17) is 4.74 Å². The molecule has 0 radical (unpaired) electrons. The summed E-state index contributed by atoms with van der Waals surface area (Å²) in [6.07, 6.45) is 2.47. The van der Waals surface area contributed by atoms with Crippen LogP contribution < -0.4 is 10.2 Å².